The molecule has 0 spiro atoms. The number of ether oxygens (including phenoxy) is 1. The molecule has 0 aliphatic rings. The van der Waals surface area contributed by atoms with Crippen LogP contribution in [0.4, 0.5) is 0 Å². The van der Waals surface area contributed by atoms with Crippen LogP contribution in [0.2, 0.25) is 0 Å². The molecule has 0 aliphatic heterocycles. The molecule has 3 heteroatoms. The second-order valence-corrected chi connectivity index (χ2v) is 4.51. The summed E-state index contributed by atoms with van der Waals surface area (Å²) in [4.78, 5) is 4.32. The van der Waals surface area contributed by atoms with E-state index in [4.69, 9.17) is 4.74 Å². The molecular weight excluding hydrogens is 226 g/mol. The zero-order valence-electron chi connectivity index (χ0n) is 10.9. The Morgan fingerprint density at radius 3 is 2.67 bits per heavy atom. The number of hydrogen-bond acceptors (Lipinski definition) is 3. The first-order chi connectivity index (χ1) is 8.76. The maximum Gasteiger partial charge on any atom is 0.221 e. The van der Waals surface area contributed by atoms with Crippen LogP contribution in [0.5, 0.6) is 5.88 Å². The molecule has 0 saturated heterocycles. The SMILES string of the molecule is CCCC(C)Oc1ncc(CO)c2ccccc12. The normalized spacial score (nSPS) is 12.6. The summed E-state index contributed by atoms with van der Waals surface area (Å²) in [5, 5.41) is 11.3. The smallest absolute Gasteiger partial charge is 0.221 e. The molecule has 1 aromatic heterocycles. The maximum absolute atomic E-state index is 9.31. The summed E-state index contributed by atoms with van der Waals surface area (Å²) in [6, 6.07) is 7.89. The van der Waals surface area contributed by atoms with Crippen molar-refractivity contribution in [1.29, 1.82) is 0 Å². The number of rotatable bonds is 5. The molecule has 0 aliphatic carbocycles. The highest BCUT2D eigenvalue weighted by Crippen LogP contribution is 2.27. The summed E-state index contributed by atoms with van der Waals surface area (Å²) in [6.45, 7) is 4.19. The Hall–Kier alpha value is -1.61. The van der Waals surface area contributed by atoms with Crippen LogP contribution in [0.15, 0.2) is 30.5 Å². The van der Waals surface area contributed by atoms with Gasteiger partial charge in [-0.2, -0.15) is 0 Å². The molecule has 0 amide bonds. The van der Waals surface area contributed by atoms with Crippen LogP contribution >= 0.6 is 0 Å². The third-order valence-corrected chi connectivity index (χ3v) is 3.02. The first-order valence-corrected chi connectivity index (χ1v) is 6.40. The molecule has 1 unspecified atom stereocenters. The van der Waals surface area contributed by atoms with Gasteiger partial charge in [0.05, 0.1) is 12.7 Å². The Bertz CT molecular complexity index is 525. The Kier molecular flexibility index (Phi) is 4.15. The largest absolute Gasteiger partial charge is 0.474 e. The molecule has 2 rings (SSSR count). The van der Waals surface area contributed by atoms with Gasteiger partial charge in [0.2, 0.25) is 5.88 Å². The number of aliphatic hydroxyl groups is 1. The lowest BCUT2D eigenvalue weighted by atomic mass is 10.1. The van der Waals surface area contributed by atoms with Gasteiger partial charge in [-0.1, -0.05) is 31.5 Å². The maximum atomic E-state index is 9.31. The van der Waals surface area contributed by atoms with Crippen LogP contribution in [-0.2, 0) is 6.61 Å². The van der Waals surface area contributed by atoms with E-state index in [1.165, 1.54) is 0 Å². The van der Waals surface area contributed by atoms with E-state index in [-0.39, 0.29) is 12.7 Å². The van der Waals surface area contributed by atoms with Gasteiger partial charge in [-0.3, -0.25) is 0 Å². The van der Waals surface area contributed by atoms with Crippen molar-refractivity contribution < 1.29 is 9.84 Å². The lowest BCUT2D eigenvalue weighted by Gasteiger charge is -2.15. The topological polar surface area (TPSA) is 42.4 Å². The average Bonchev–Trinajstić information content (AvgIpc) is 2.39. The zero-order chi connectivity index (χ0) is 13.0. The van der Waals surface area contributed by atoms with Gasteiger partial charge in [-0.25, -0.2) is 4.98 Å². The highest BCUT2D eigenvalue weighted by Gasteiger charge is 2.10. The number of aromatic nitrogens is 1. The molecule has 0 radical (unpaired) electrons. The van der Waals surface area contributed by atoms with Crippen molar-refractivity contribution in [3.05, 3.63) is 36.0 Å². The number of hydrogen-bond donors (Lipinski definition) is 1. The van der Waals surface area contributed by atoms with Crippen molar-refractivity contribution in [3.63, 3.8) is 0 Å². The quantitative estimate of drug-likeness (QED) is 0.878. The van der Waals surface area contributed by atoms with Gasteiger partial charge in [0, 0.05) is 17.1 Å². The summed E-state index contributed by atoms with van der Waals surface area (Å²) in [5.41, 5.74) is 0.834. The summed E-state index contributed by atoms with van der Waals surface area (Å²) in [7, 11) is 0. The van der Waals surface area contributed by atoms with Gasteiger partial charge in [0.25, 0.3) is 0 Å². The monoisotopic (exact) mass is 245 g/mol. The fourth-order valence-corrected chi connectivity index (χ4v) is 2.10. The first-order valence-electron chi connectivity index (χ1n) is 6.40. The number of fused-ring (bicyclic) bond motifs is 1. The minimum Gasteiger partial charge on any atom is -0.474 e. The van der Waals surface area contributed by atoms with Crippen molar-refractivity contribution in [2.75, 3.05) is 0 Å². The van der Waals surface area contributed by atoms with E-state index in [9.17, 15) is 5.11 Å². The Balaban J connectivity index is 2.40. The summed E-state index contributed by atoms with van der Waals surface area (Å²) in [6.07, 6.45) is 3.95. The van der Waals surface area contributed by atoms with Crippen LogP contribution < -0.4 is 4.74 Å². The van der Waals surface area contributed by atoms with Crippen LogP contribution in [-0.4, -0.2) is 16.2 Å². The van der Waals surface area contributed by atoms with E-state index in [0.717, 1.165) is 29.2 Å². The Labute approximate surface area is 107 Å². The highest BCUT2D eigenvalue weighted by atomic mass is 16.5. The van der Waals surface area contributed by atoms with Gasteiger partial charge in [-0.05, 0) is 24.8 Å². The number of benzene rings is 1. The van der Waals surface area contributed by atoms with Crippen LogP contribution in [0.25, 0.3) is 10.8 Å². The third-order valence-electron chi connectivity index (χ3n) is 3.02. The van der Waals surface area contributed by atoms with Gasteiger partial charge in [0.15, 0.2) is 0 Å². The number of nitrogens with zero attached hydrogens (tertiary/aromatic N) is 1. The van der Waals surface area contributed by atoms with Crippen molar-refractivity contribution in [1.82, 2.24) is 4.98 Å². The molecular formula is C15H19NO2. The number of pyridine rings is 1. The van der Waals surface area contributed by atoms with E-state index in [1.54, 1.807) is 6.20 Å². The van der Waals surface area contributed by atoms with Crippen molar-refractivity contribution in [3.8, 4) is 5.88 Å². The Morgan fingerprint density at radius 2 is 2.00 bits per heavy atom. The molecule has 1 aromatic carbocycles. The Morgan fingerprint density at radius 1 is 1.28 bits per heavy atom. The molecule has 2 aromatic rings. The minimum atomic E-state index is -0.00168. The molecule has 0 fully saturated rings. The van der Waals surface area contributed by atoms with Crippen molar-refractivity contribution in [2.24, 2.45) is 0 Å². The number of aliphatic hydroxyl groups excluding tert-OH is 1. The van der Waals surface area contributed by atoms with Gasteiger partial charge in [-0.15, -0.1) is 0 Å². The summed E-state index contributed by atoms with van der Waals surface area (Å²) in [5.74, 6) is 0.656. The standard InChI is InChI=1S/C15H19NO2/c1-3-6-11(2)18-15-14-8-5-4-7-13(14)12(10-17)9-16-15/h4-5,7-9,11,17H,3,6,10H2,1-2H3. The van der Waals surface area contributed by atoms with Crippen LogP contribution in [0, 0.1) is 0 Å². The van der Waals surface area contributed by atoms with Crippen LogP contribution in [0.3, 0.4) is 0 Å². The predicted molar refractivity (Wildman–Crippen MR) is 72.7 cm³/mol. The van der Waals surface area contributed by atoms with Gasteiger partial charge in [0.1, 0.15) is 0 Å². The molecule has 0 saturated carbocycles. The molecule has 0 bridgehead atoms. The van der Waals surface area contributed by atoms with E-state index in [2.05, 4.69) is 18.8 Å². The summed E-state index contributed by atoms with van der Waals surface area (Å²) >= 11 is 0. The minimum absolute atomic E-state index is 0.00168. The third kappa shape index (κ3) is 2.62. The van der Waals surface area contributed by atoms with Crippen molar-refractivity contribution in [2.45, 2.75) is 39.4 Å². The van der Waals surface area contributed by atoms with E-state index in [1.807, 2.05) is 24.3 Å². The van der Waals surface area contributed by atoms with Gasteiger partial charge >= 0.3 is 0 Å². The van der Waals surface area contributed by atoms with E-state index in [0.29, 0.717) is 5.88 Å². The lowest BCUT2D eigenvalue weighted by molar-refractivity contribution is 0.204. The van der Waals surface area contributed by atoms with Gasteiger partial charge < -0.3 is 9.84 Å². The zero-order valence-corrected chi connectivity index (χ0v) is 10.9. The van der Waals surface area contributed by atoms with Crippen molar-refractivity contribution >= 4 is 10.8 Å². The predicted octanol–water partition coefficient (Wildman–Crippen LogP) is 3.29. The molecule has 18 heavy (non-hydrogen) atoms. The second-order valence-electron chi connectivity index (χ2n) is 4.51. The fraction of sp³-hybridized carbons (Fsp3) is 0.400. The lowest BCUT2D eigenvalue weighted by Crippen LogP contribution is -2.12. The van der Waals surface area contributed by atoms with E-state index < -0.39 is 0 Å². The van der Waals surface area contributed by atoms with Crippen LogP contribution in [0.1, 0.15) is 32.3 Å². The molecule has 1 atom stereocenters. The average molecular weight is 245 g/mol. The molecule has 1 heterocycles. The molecule has 3 nitrogen and oxygen atoms in total. The van der Waals surface area contributed by atoms with E-state index >= 15 is 0 Å². The molecule has 1 N–H and O–H groups in total. The summed E-state index contributed by atoms with van der Waals surface area (Å²) < 4.78 is 5.87. The molecule has 96 valence electrons. The fourth-order valence-electron chi connectivity index (χ4n) is 2.10. The highest BCUT2D eigenvalue weighted by molar-refractivity contribution is 5.89. The first kappa shape index (κ1) is 12.8. The second kappa shape index (κ2) is 5.83.